The predicted molar refractivity (Wildman–Crippen MR) is 174 cm³/mol. The number of aryl methyl sites for hydroxylation is 1. The van der Waals surface area contributed by atoms with Crippen LogP contribution in [0.1, 0.15) is 71.0 Å². The molecule has 3 unspecified atom stereocenters. The zero-order valence-electron chi connectivity index (χ0n) is 25.1. The van der Waals surface area contributed by atoms with E-state index in [1.54, 1.807) is 42.6 Å². The molecule has 2 aliphatic carbocycles. The van der Waals surface area contributed by atoms with Crippen LogP contribution in [0.15, 0.2) is 72.9 Å². The van der Waals surface area contributed by atoms with Crippen molar-refractivity contribution < 1.29 is 23.1 Å². The van der Waals surface area contributed by atoms with Gasteiger partial charge in [0.25, 0.3) is 5.91 Å². The number of sulfonamides is 1. The van der Waals surface area contributed by atoms with E-state index in [1.807, 2.05) is 18.2 Å². The van der Waals surface area contributed by atoms with E-state index in [1.165, 1.54) is 11.1 Å². The molecule has 1 aromatic heterocycles. The molecule has 7 rings (SSSR count). The van der Waals surface area contributed by atoms with Crippen LogP contribution in [-0.4, -0.2) is 50.2 Å². The molecular weight excluding hydrogens is 610 g/mol. The summed E-state index contributed by atoms with van der Waals surface area (Å²) in [7, 11) is -4.14. The number of pyridine rings is 1. The number of aliphatic hydroxyl groups excluding tert-OH is 1. The van der Waals surface area contributed by atoms with Crippen LogP contribution >= 0.6 is 11.6 Å². The topological polar surface area (TPSA) is 109 Å². The lowest BCUT2D eigenvalue weighted by molar-refractivity contribution is 0.0456. The largest absolute Gasteiger partial charge is 0.490 e. The summed E-state index contributed by atoms with van der Waals surface area (Å²) in [5, 5.41) is 10.9. The number of rotatable bonds is 1. The van der Waals surface area contributed by atoms with E-state index in [-0.39, 0.29) is 29.2 Å². The highest BCUT2D eigenvalue weighted by molar-refractivity contribution is 7.90. The number of carbonyl (C=O) groups excluding carboxylic acids is 1. The van der Waals surface area contributed by atoms with E-state index in [9.17, 15) is 18.3 Å². The molecule has 1 fully saturated rings. The van der Waals surface area contributed by atoms with Crippen LogP contribution in [0.3, 0.4) is 0 Å². The zero-order chi connectivity index (χ0) is 31.2. The number of aliphatic hydroxyl groups is 1. The van der Waals surface area contributed by atoms with E-state index in [4.69, 9.17) is 16.3 Å². The van der Waals surface area contributed by atoms with Gasteiger partial charge in [-0.05, 0) is 110 Å². The Labute approximate surface area is 269 Å². The molecule has 45 heavy (non-hydrogen) atoms. The summed E-state index contributed by atoms with van der Waals surface area (Å²) in [6.45, 7) is 1.85. The molecule has 236 valence electrons. The van der Waals surface area contributed by atoms with E-state index < -0.39 is 27.3 Å². The minimum atomic E-state index is -4.14. The second-order valence-corrected chi connectivity index (χ2v) is 15.3. The number of anilines is 1. The normalized spacial score (nSPS) is 30.1. The van der Waals surface area contributed by atoms with Crippen molar-refractivity contribution in [2.45, 2.75) is 61.7 Å². The molecule has 2 bridgehead atoms. The minimum absolute atomic E-state index is 0.0944. The molecule has 0 saturated heterocycles. The Balaban J connectivity index is 1.29. The van der Waals surface area contributed by atoms with Crippen molar-refractivity contribution in [2.75, 3.05) is 24.6 Å². The number of aromatic nitrogens is 1. The highest BCUT2D eigenvalue weighted by Gasteiger charge is 2.44. The van der Waals surface area contributed by atoms with Crippen LogP contribution in [-0.2, 0) is 21.9 Å². The van der Waals surface area contributed by atoms with Gasteiger partial charge in [-0.1, -0.05) is 35.9 Å². The van der Waals surface area contributed by atoms with Gasteiger partial charge in [-0.15, -0.1) is 0 Å². The van der Waals surface area contributed by atoms with E-state index in [0.29, 0.717) is 37.6 Å². The predicted octanol–water partition coefficient (Wildman–Crippen LogP) is 5.75. The van der Waals surface area contributed by atoms with Gasteiger partial charge in [-0.3, -0.25) is 9.78 Å². The van der Waals surface area contributed by atoms with Gasteiger partial charge in [0.15, 0.2) is 0 Å². The first-order chi connectivity index (χ1) is 21.7. The second kappa shape index (κ2) is 12.1. The Morgan fingerprint density at radius 2 is 1.98 bits per heavy atom. The Bertz CT molecular complexity index is 1730. The number of hydrogen-bond donors (Lipinski definition) is 2. The molecule has 8 nitrogen and oxygen atoms in total. The third-order valence-corrected chi connectivity index (χ3v) is 12.2. The number of hydrogen-bond acceptors (Lipinski definition) is 7. The van der Waals surface area contributed by atoms with E-state index in [2.05, 4.69) is 26.7 Å². The Morgan fingerprint density at radius 1 is 1.09 bits per heavy atom. The molecule has 3 heterocycles. The van der Waals surface area contributed by atoms with Gasteiger partial charge in [0.1, 0.15) is 11.0 Å². The maximum Gasteiger partial charge on any atom is 0.264 e. The number of allylic oxidation sites excluding steroid dienone is 1. The SMILES string of the molecule is O=C1NS(=O)(=O)C(c2ccccn2)CC/C=C/C(O)[C@@H]2CC[C@H]2CN2CC3(CCCc4cc(Cl)ccc43)COc3ccc1cc32. The lowest BCUT2D eigenvalue weighted by atomic mass is 9.68. The third-order valence-electron chi connectivity index (χ3n) is 10.2. The summed E-state index contributed by atoms with van der Waals surface area (Å²) in [5.41, 5.74) is 3.59. The molecule has 2 aromatic carbocycles. The molecule has 5 atom stereocenters. The number of carbonyl (C=O) groups is 1. The Morgan fingerprint density at radius 3 is 2.78 bits per heavy atom. The zero-order valence-corrected chi connectivity index (χ0v) is 26.6. The number of fused-ring (bicyclic) bond motifs is 4. The Hall–Kier alpha value is -3.40. The summed E-state index contributed by atoms with van der Waals surface area (Å²) in [6.07, 6.45) is 10.1. The molecule has 10 heteroatoms. The van der Waals surface area contributed by atoms with Crippen LogP contribution in [0, 0.1) is 11.8 Å². The third kappa shape index (κ3) is 5.86. The maximum absolute atomic E-state index is 13.7. The van der Waals surface area contributed by atoms with Crippen molar-refractivity contribution in [3.63, 3.8) is 0 Å². The number of ether oxygens (including phenoxy) is 1. The summed E-state index contributed by atoms with van der Waals surface area (Å²) in [5.74, 6) is 0.330. The molecule has 0 radical (unpaired) electrons. The van der Waals surface area contributed by atoms with Crippen molar-refractivity contribution in [1.29, 1.82) is 0 Å². The Kier molecular flexibility index (Phi) is 8.12. The van der Waals surface area contributed by atoms with Crippen molar-refractivity contribution in [1.82, 2.24) is 9.71 Å². The average molecular weight is 648 g/mol. The van der Waals surface area contributed by atoms with Gasteiger partial charge in [0, 0.05) is 35.3 Å². The number of amides is 1. The highest BCUT2D eigenvalue weighted by atomic mass is 35.5. The fourth-order valence-corrected chi connectivity index (χ4v) is 9.34. The van der Waals surface area contributed by atoms with Gasteiger partial charge in [0.2, 0.25) is 10.0 Å². The van der Waals surface area contributed by atoms with Gasteiger partial charge >= 0.3 is 0 Å². The molecule has 2 aliphatic heterocycles. The van der Waals surface area contributed by atoms with Crippen LogP contribution in [0.2, 0.25) is 5.02 Å². The summed E-state index contributed by atoms with van der Waals surface area (Å²) >= 11 is 6.40. The van der Waals surface area contributed by atoms with Crippen LogP contribution < -0.4 is 14.4 Å². The number of benzene rings is 2. The molecule has 1 spiro atoms. The lowest BCUT2D eigenvalue weighted by Crippen LogP contribution is -2.49. The van der Waals surface area contributed by atoms with Crippen LogP contribution in [0.25, 0.3) is 0 Å². The molecule has 2 N–H and O–H groups in total. The number of nitrogens with zero attached hydrogens (tertiary/aromatic N) is 2. The van der Waals surface area contributed by atoms with Gasteiger partial charge in [0.05, 0.1) is 24.1 Å². The monoisotopic (exact) mass is 647 g/mol. The first kappa shape index (κ1) is 30.3. The van der Waals surface area contributed by atoms with Gasteiger partial charge in [-0.2, -0.15) is 0 Å². The van der Waals surface area contributed by atoms with Crippen molar-refractivity contribution in [3.8, 4) is 5.75 Å². The molecular formula is C35H38ClN3O5S. The molecule has 1 amide bonds. The molecule has 3 aromatic rings. The quantitative estimate of drug-likeness (QED) is 0.324. The van der Waals surface area contributed by atoms with Crippen LogP contribution in [0.4, 0.5) is 5.69 Å². The fraction of sp³-hybridized carbons (Fsp3) is 0.429. The maximum atomic E-state index is 13.7. The van der Waals surface area contributed by atoms with Gasteiger partial charge < -0.3 is 14.7 Å². The molecule has 4 aliphatic rings. The summed E-state index contributed by atoms with van der Waals surface area (Å²) in [6, 6.07) is 16.4. The minimum Gasteiger partial charge on any atom is -0.490 e. The average Bonchev–Trinajstić information content (AvgIpc) is 3.15. The standard InChI is InChI=1S/C35H38ClN3O5S/c36-26-12-14-28-23(18-26)6-5-16-35(28)21-39-20-25-10-13-27(25)31(40)8-1-2-9-33(29-7-3-4-17-37-29)45(42,43)38-34(41)24-11-15-32(44-22-35)30(39)19-24/h1,3-4,7-8,11-12,14-15,17-19,25,27,31,33,40H,2,5-6,9-10,13,16,20-22H2,(H,38,41)/b8-1+/t25-,27+,31?,33?,35?/m0/s1. The smallest absolute Gasteiger partial charge is 0.264 e. The molecule has 1 saturated carbocycles. The summed E-state index contributed by atoms with van der Waals surface area (Å²) < 4.78 is 36.2. The number of nitrogens with one attached hydrogen (secondary N) is 1. The van der Waals surface area contributed by atoms with Crippen LogP contribution in [0.5, 0.6) is 5.75 Å². The van der Waals surface area contributed by atoms with Crippen molar-refractivity contribution >= 4 is 33.2 Å². The fourth-order valence-electron chi connectivity index (χ4n) is 7.72. The van der Waals surface area contributed by atoms with Gasteiger partial charge in [-0.25, -0.2) is 13.1 Å². The lowest BCUT2D eigenvalue weighted by Gasteiger charge is -2.45. The number of halogens is 1. The second-order valence-electron chi connectivity index (χ2n) is 13.0. The highest BCUT2D eigenvalue weighted by Crippen LogP contribution is 2.47. The van der Waals surface area contributed by atoms with E-state index >= 15 is 0 Å². The first-order valence-electron chi connectivity index (χ1n) is 15.8. The van der Waals surface area contributed by atoms with Crippen molar-refractivity contribution in [2.24, 2.45) is 11.8 Å². The van der Waals surface area contributed by atoms with Crippen molar-refractivity contribution in [3.05, 3.63) is 100 Å². The first-order valence-corrected chi connectivity index (χ1v) is 17.8. The van der Waals surface area contributed by atoms with E-state index in [0.717, 1.165) is 42.8 Å². The summed E-state index contributed by atoms with van der Waals surface area (Å²) in [4.78, 5) is 20.2.